The highest BCUT2D eigenvalue weighted by Gasteiger charge is 2.81. The van der Waals surface area contributed by atoms with Gasteiger partial charge in [-0.1, -0.05) is 57.1 Å². The zero-order chi connectivity index (χ0) is 24.6. The molecule has 0 fully saturated rings. The molecule has 1 aromatic carbocycles. The summed E-state index contributed by atoms with van der Waals surface area (Å²) in [4.78, 5) is 0. The van der Waals surface area contributed by atoms with Gasteiger partial charge in [-0.2, -0.15) is 39.5 Å². The molecule has 2 N–H and O–H groups in total. The second kappa shape index (κ2) is 11.4. The van der Waals surface area contributed by atoms with Crippen molar-refractivity contribution in [2.75, 3.05) is 0 Å². The Balaban J connectivity index is 2.18. The molecule has 0 radical (unpaired) electrons. The molecule has 32 heavy (non-hydrogen) atoms. The molecule has 2 nitrogen and oxygen atoms in total. The van der Waals surface area contributed by atoms with Crippen LogP contribution in [0.4, 0.5) is 39.5 Å². The molecule has 0 atom stereocenters. The van der Waals surface area contributed by atoms with Crippen LogP contribution in [-0.4, -0.2) is 34.2 Å². The van der Waals surface area contributed by atoms with Crippen LogP contribution in [-0.2, 0) is 6.42 Å². The molecule has 0 saturated heterocycles. The highest BCUT2D eigenvalue weighted by Crippen LogP contribution is 2.54. The Kier molecular flexibility index (Phi) is 10.0. The monoisotopic (exact) mass is 482 g/mol. The third-order valence-electron chi connectivity index (χ3n) is 5.24. The fraction of sp³-hybridized carbons (Fsp3) is 0.714. The van der Waals surface area contributed by atoms with Crippen LogP contribution in [0.5, 0.6) is 11.5 Å². The van der Waals surface area contributed by atoms with E-state index in [1.165, 1.54) is 6.07 Å². The summed E-state index contributed by atoms with van der Waals surface area (Å²) in [6, 6.07) is 4.71. The first-order valence-corrected chi connectivity index (χ1v) is 10.3. The quantitative estimate of drug-likeness (QED) is 0.160. The summed E-state index contributed by atoms with van der Waals surface area (Å²) in [5.41, 5.74) is 0.639. The molecule has 0 aliphatic rings. The van der Waals surface area contributed by atoms with E-state index in [0.717, 1.165) is 32.1 Å². The van der Waals surface area contributed by atoms with E-state index in [-0.39, 0.29) is 17.9 Å². The van der Waals surface area contributed by atoms with Crippen molar-refractivity contribution in [2.45, 2.75) is 94.6 Å². The number of aryl methyl sites for hydroxylation is 1. The van der Waals surface area contributed by atoms with Gasteiger partial charge in [0.05, 0.1) is 0 Å². The number of unbranched alkanes of at least 4 members (excludes halogenated alkanes) is 8. The van der Waals surface area contributed by atoms with E-state index in [0.29, 0.717) is 24.8 Å². The van der Waals surface area contributed by atoms with Crippen LogP contribution in [0.3, 0.4) is 0 Å². The number of halogens is 9. The van der Waals surface area contributed by atoms with Gasteiger partial charge in [0.2, 0.25) is 0 Å². The van der Waals surface area contributed by atoms with Crippen molar-refractivity contribution in [1.29, 1.82) is 0 Å². The Morgan fingerprint density at radius 1 is 0.594 bits per heavy atom. The van der Waals surface area contributed by atoms with E-state index in [1.54, 1.807) is 12.1 Å². The lowest BCUT2D eigenvalue weighted by atomic mass is 9.97. The molecule has 11 heteroatoms. The molecule has 0 saturated carbocycles. The van der Waals surface area contributed by atoms with Gasteiger partial charge in [-0.25, -0.2) is 0 Å². The Morgan fingerprint density at radius 2 is 1.06 bits per heavy atom. The SMILES string of the molecule is Oc1cccc(CCCCCCCCCCCC(F)(F)C(F)(F)C(F)(F)C(F)(F)F)c1O. The molecule has 1 aromatic rings. The lowest BCUT2D eigenvalue weighted by Gasteiger charge is -2.33. The van der Waals surface area contributed by atoms with Crippen molar-refractivity contribution in [3.63, 3.8) is 0 Å². The average Bonchev–Trinajstić information content (AvgIpc) is 2.68. The van der Waals surface area contributed by atoms with Gasteiger partial charge in [0.15, 0.2) is 11.5 Å². The lowest BCUT2D eigenvalue weighted by Crippen LogP contribution is -2.60. The molecule has 0 unspecified atom stereocenters. The maximum Gasteiger partial charge on any atom is 0.460 e. The summed E-state index contributed by atoms with van der Waals surface area (Å²) in [5.74, 6) is -19.1. The summed E-state index contributed by atoms with van der Waals surface area (Å²) in [6.07, 6.45) is -3.52. The van der Waals surface area contributed by atoms with Gasteiger partial charge in [-0.3, -0.25) is 0 Å². The Morgan fingerprint density at radius 3 is 1.56 bits per heavy atom. The van der Waals surface area contributed by atoms with E-state index in [4.69, 9.17) is 0 Å². The number of hydrogen-bond acceptors (Lipinski definition) is 2. The summed E-state index contributed by atoms with van der Waals surface area (Å²) >= 11 is 0. The molecule has 1 rings (SSSR count). The van der Waals surface area contributed by atoms with E-state index < -0.39 is 36.8 Å². The van der Waals surface area contributed by atoms with Gasteiger partial charge >= 0.3 is 23.9 Å². The smallest absolute Gasteiger partial charge is 0.460 e. The number of aromatic hydroxyl groups is 2. The number of phenolic OH excluding ortho intramolecular Hbond substituents is 2. The van der Waals surface area contributed by atoms with E-state index in [1.807, 2.05) is 0 Å². The van der Waals surface area contributed by atoms with Crippen molar-refractivity contribution in [1.82, 2.24) is 0 Å². The fourth-order valence-corrected chi connectivity index (χ4v) is 3.24. The molecule has 0 bridgehead atoms. The fourth-order valence-electron chi connectivity index (χ4n) is 3.24. The second-order valence-electron chi connectivity index (χ2n) is 7.82. The van der Waals surface area contributed by atoms with Gasteiger partial charge in [0.1, 0.15) is 0 Å². The number of rotatable bonds is 14. The topological polar surface area (TPSA) is 40.5 Å². The van der Waals surface area contributed by atoms with Gasteiger partial charge in [0.25, 0.3) is 0 Å². The molecule has 0 aliphatic heterocycles. The van der Waals surface area contributed by atoms with Crippen LogP contribution < -0.4 is 0 Å². The maximum absolute atomic E-state index is 13.4. The van der Waals surface area contributed by atoms with E-state index in [2.05, 4.69) is 0 Å². The summed E-state index contributed by atoms with van der Waals surface area (Å²) in [6.45, 7) is 0. The number of alkyl halides is 9. The van der Waals surface area contributed by atoms with Crippen molar-refractivity contribution < 1.29 is 49.7 Å². The van der Waals surface area contributed by atoms with Crippen LogP contribution in [0, 0.1) is 0 Å². The minimum Gasteiger partial charge on any atom is -0.504 e. The van der Waals surface area contributed by atoms with E-state index >= 15 is 0 Å². The third-order valence-corrected chi connectivity index (χ3v) is 5.24. The first-order valence-electron chi connectivity index (χ1n) is 10.3. The van der Waals surface area contributed by atoms with Crippen molar-refractivity contribution in [3.8, 4) is 11.5 Å². The van der Waals surface area contributed by atoms with Crippen LogP contribution in [0.25, 0.3) is 0 Å². The highest BCUT2D eigenvalue weighted by molar-refractivity contribution is 5.44. The maximum atomic E-state index is 13.4. The van der Waals surface area contributed by atoms with Gasteiger partial charge in [-0.15, -0.1) is 0 Å². The first-order chi connectivity index (χ1) is 14.6. The van der Waals surface area contributed by atoms with Gasteiger partial charge < -0.3 is 10.2 Å². The average molecular weight is 482 g/mol. The third kappa shape index (κ3) is 7.10. The number of hydrogen-bond donors (Lipinski definition) is 2. The zero-order valence-corrected chi connectivity index (χ0v) is 17.3. The van der Waals surface area contributed by atoms with Gasteiger partial charge in [-0.05, 0) is 30.9 Å². The lowest BCUT2D eigenvalue weighted by molar-refractivity contribution is -0.396. The largest absolute Gasteiger partial charge is 0.504 e. The molecule has 0 amide bonds. The predicted molar refractivity (Wildman–Crippen MR) is 101 cm³/mol. The van der Waals surface area contributed by atoms with E-state index in [9.17, 15) is 49.7 Å². The Hall–Kier alpha value is -1.81. The first kappa shape index (κ1) is 28.2. The standard InChI is InChI=1S/C21H27F9O2/c22-18(23,19(24,25)20(26,27)21(28,29)30)14-9-7-5-3-1-2-4-6-8-11-15-12-10-13-16(31)17(15)32/h10,12-13,31-32H,1-9,11,14H2. The molecule has 0 heterocycles. The Bertz CT molecular complexity index is 703. The van der Waals surface area contributed by atoms with Crippen molar-refractivity contribution in [2.24, 2.45) is 0 Å². The molecule has 186 valence electrons. The van der Waals surface area contributed by atoms with Crippen molar-refractivity contribution in [3.05, 3.63) is 23.8 Å². The zero-order valence-electron chi connectivity index (χ0n) is 17.3. The summed E-state index contributed by atoms with van der Waals surface area (Å²) in [5, 5.41) is 19.1. The summed E-state index contributed by atoms with van der Waals surface area (Å²) < 4.78 is 115. The highest BCUT2D eigenvalue weighted by atomic mass is 19.4. The van der Waals surface area contributed by atoms with Gasteiger partial charge in [0, 0.05) is 6.42 Å². The molecular weight excluding hydrogens is 455 g/mol. The summed E-state index contributed by atoms with van der Waals surface area (Å²) in [7, 11) is 0. The Labute approximate surface area is 180 Å². The number of para-hydroxylation sites is 1. The molecule has 0 aliphatic carbocycles. The van der Waals surface area contributed by atoms with Crippen LogP contribution >= 0.6 is 0 Å². The minimum absolute atomic E-state index is 0.0139. The molecule has 0 spiro atoms. The molecular formula is C21H27F9O2. The minimum atomic E-state index is -6.82. The molecule has 0 aromatic heterocycles. The van der Waals surface area contributed by atoms with Crippen molar-refractivity contribution >= 4 is 0 Å². The second-order valence-corrected chi connectivity index (χ2v) is 7.82. The van der Waals surface area contributed by atoms with Crippen LogP contribution in [0.1, 0.15) is 69.8 Å². The predicted octanol–water partition coefficient (Wildman–Crippen LogP) is 8.01. The number of phenols is 2. The normalized spacial score (nSPS) is 13.5. The van der Waals surface area contributed by atoms with Crippen LogP contribution in [0.2, 0.25) is 0 Å². The van der Waals surface area contributed by atoms with Crippen LogP contribution in [0.15, 0.2) is 18.2 Å². The number of benzene rings is 1.